The minimum Gasteiger partial charge on any atom is -0.478 e. The van der Waals surface area contributed by atoms with E-state index in [0.717, 1.165) is 5.75 Å². The topological polar surface area (TPSA) is 76.2 Å². The fourth-order valence-corrected chi connectivity index (χ4v) is 1.98. The maximum absolute atomic E-state index is 11.1. The van der Waals surface area contributed by atoms with Gasteiger partial charge in [0.15, 0.2) is 5.82 Å². The number of hydrogen-bond donors (Lipinski definition) is 1. The molecule has 0 bridgehead atoms. The zero-order chi connectivity index (χ0) is 13.0. The van der Waals surface area contributed by atoms with Crippen LogP contribution in [0.3, 0.4) is 0 Å². The Labute approximate surface area is 108 Å². The van der Waals surface area contributed by atoms with Crippen LogP contribution in [0, 0.1) is 0 Å². The summed E-state index contributed by atoms with van der Waals surface area (Å²) >= 11 is 1.68. The third-order valence-corrected chi connectivity index (χ3v) is 3.16. The molecule has 0 saturated heterocycles. The molecular weight excluding hydrogens is 252 g/mol. The van der Waals surface area contributed by atoms with E-state index in [1.54, 1.807) is 30.0 Å². The van der Waals surface area contributed by atoms with E-state index in [9.17, 15) is 4.79 Å². The SMILES string of the molecule is CCSCc1noc(-c2ccccc2C(=O)O)n1. The van der Waals surface area contributed by atoms with E-state index in [2.05, 4.69) is 10.1 Å². The van der Waals surface area contributed by atoms with Crippen LogP contribution >= 0.6 is 11.8 Å². The summed E-state index contributed by atoms with van der Waals surface area (Å²) in [5.74, 6) is 1.45. The van der Waals surface area contributed by atoms with Crippen molar-refractivity contribution >= 4 is 17.7 Å². The Hall–Kier alpha value is -1.82. The highest BCUT2D eigenvalue weighted by Crippen LogP contribution is 2.22. The quantitative estimate of drug-likeness (QED) is 0.894. The van der Waals surface area contributed by atoms with Gasteiger partial charge in [-0.2, -0.15) is 16.7 Å². The summed E-state index contributed by atoms with van der Waals surface area (Å²) in [6.07, 6.45) is 0. The van der Waals surface area contributed by atoms with Crippen LogP contribution in [0.15, 0.2) is 28.8 Å². The molecule has 0 atom stereocenters. The van der Waals surface area contributed by atoms with Gasteiger partial charge in [0, 0.05) is 0 Å². The monoisotopic (exact) mass is 264 g/mol. The lowest BCUT2D eigenvalue weighted by Crippen LogP contribution is -1.99. The van der Waals surface area contributed by atoms with E-state index in [0.29, 0.717) is 17.1 Å². The van der Waals surface area contributed by atoms with Crippen molar-refractivity contribution in [3.8, 4) is 11.5 Å². The Morgan fingerprint density at radius 3 is 2.94 bits per heavy atom. The second-order valence-corrected chi connectivity index (χ2v) is 4.78. The lowest BCUT2D eigenvalue weighted by molar-refractivity contribution is 0.0697. The van der Waals surface area contributed by atoms with Gasteiger partial charge in [-0.25, -0.2) is 4.79 Å². The van der Waals surface area contributed by atoms with Crippen LogP contribution in [0.4, 0.5) is 0 Å². The number of rotatable bonds is 5. The zero-order valence-corrected chi connectivity index (χ0v) is 10.6. The summed E-state index contributed by atoms with van der Waals surface area (Å²) in [5.41, 5.74) is 0.612. The Morgan fingerprint density at radius 1 is 1.44 bits per heavy atom. The van der Waals surface area contributed by atoms with Gasteiger partial charge in [-0.1, -0.05) is 24.2 Å². The number of carboxylic acids is 1. The van der Waals surface area contributed by atoms with E-state index in [1.165, 1.54) is 6.07 Å². The Balaban J connectivity index is 2.31. The molecule has 2 rings (SSSR count). The molecular formula is C12H12N2O3S. The van der Waals surface area contributed by atoms with Crippen LogP contribution < -0.4 is 0 Å². The number of aromatic nitrogens is 2. The van der Waals surface area contributed by atoms with E-state index in [-0.39, 0.29) is 11.5 Å². The summed E-state index contributed by atoms with van der Waals surface area (Å²) in [6, 6.07) is 6.58. The molecule has 1 aromatic carbocycles. The van der Waals surface area contributed by atoms with Gasteiger partial charge in [-0.15, -0.1) is 0 Å². The van der Waals surface area contributed by atoms with E-state index < -0.39 is 5.97 Å². The molecule has 18 heavy (non-hydrogen) atoms. The second-order valence-electron chi connectivity index (χ2n) is 3.50. The molecule has 0 aliphatic heterocycles. The lowest BCUT2D eigenvalue weighted by atomic mass is 10.1. The van der Waals surface area contributed by atoms with Gasteiger partial charge in [0.05, 0.1) is 16.9 Å². The summed E-state index contributed by atoms with van der Waals surface area (Å²) in [4.78, 5) is 15.3. The molecule has 1 aromatic heterocycles. The fourth-order valence-electron chi connectivity index (χ4n) is 1.47. The molecule has 0 aliphatic carbocycles. The predicted octanol–water partition coefficient (Wildman–Crippen LogP) is 2.69. The Morgan fingerprint density at radius 2 is 2.22 bits per heavy atom. The van der Waals surface area contributed by atoms with Crippen molar-refractivity contribution in [3.63, 3.8) is 0 Å². The van der Waals surface area contributed by atoms with Crippen LogP contribution in [0.1, 0.15) is 23.1 Å². The van der Waals surface area contributed by atoms with Crippen molar-refractivity contribution in [3.05, 3.63) is 35.7 Å². The second kappa shape index (κ2) is 5.68. The van der Waals surface area contributed by atoms with Gasteiger partial charge in [-0.3, -0.25) is 0 Å². The highest BCUT2D eigenvalue weighted by Gasteiger charge is 2.16. The van der Waals surface area contributed by atoms with Crippen molar-refractivity contribution in [1.82, 2.24) is 10.1 Å². The van der Waals surface area contributed by atoms with Gasteiger partial charge in [0.25, 0.3) is 5.89 Å². The number of benzene rings is 1. The standard InChI is InChI=1S/C12H12N2O3S/c1-2-18-7-10-13-11(17-14-10)8-5-3-4-6-9(8)12(15)16/h3-6H,2,7H2,1H3,(H,15,16). The Kier molecular flexibility index (Phi) is 3.99. The number of carboxylic acid groups (broad SMARTS) is 1. The maximum Gasteiger partial charge on any atom is 0.336 e. The number of nitrogens with zero attached hydrogens (tertiary/aromatic N) is 2. The van der Waals surface area contributed by atoms with Crippen LogP contribution in [0.5, 0.6) is 0 Å². The molecule has 0 radical (unpaired) electrons. The molecule has 0 unspecified atom stereocenters. The first-order chi connectivity index (χ1) is 8.72. The van der Waals surface area contributed by atoms with Gasteiger partial charge in [-0.05, 0) is 17.9 Å². The van der Waals surface area contributed by atoms with Gasteiger partial charge < -0.3 is 9.63 Å². The smallest absolute Gasteiger partial charge is 0.336 e. The molecule has 6 heteroatoms. The van der Waals surface area contributed by atoms with Crippen molar-refractivity contribution < 1.29 is 14.4 Å². The number of hydrogen-bond acceptors (Lipinski definition) is 5. The van der Waals surface area contributed by atoms with Gasteiger partial charge in [0.1, 0.15) is 0 Å². The van der Waals surface area contributed by atoms with E-state index in [4.69, 9.17) is 9.63 Å². The van der Waals surface area contributed by atoms with E-state index >= 15 is 0 Å². The average Bonchev–Trinajstić information content (AvgIpc) is 2.85. The molecule has 0 amide bonds. The minimum absolute atomic E-state index is 0.163. The van der Waals surface area contributed by atoms with Gasteiger partial charge >= 0.3 is 5.97 Å². The molecule has 0 fully saturated rings. The average molecular weight is 264 g/mol. The highest BCUT2D eigenvalue weighted by atomic mass is 32.2. The molecule has 1 N–H and O–H groups in total. The largest absolute Gasteiger partial charge is 0.478 e. The molecule has 5 nitrogen and oxygen atoms in total. The molecule has 0 saturated carbocycles. The van der Waals surface area contributed by atoms with Crippen LogP contribution in [-0.2, 0) is 5.75 Å². The van der Waals surface area contributed by atoms with Gasteiger partial charge in [0.2, 0.25) is 0 Å². The zero-order valence-electron chi connectivity index (χ0n) is 9.79. The van der Waals surface area contributed by atoms with Crippen molar-refractivity contribution in [2.45, 2.75) is 12.7 Å². The third kappa shape index (κ3) is 2.70. The van der Waals surface area contributed by atoms with E-state index in [1.807, 2.05) is 6.92 Å². The number of aromatic carboxylic acids is 1. The third-order valence-electron chi connectivity index (χ3n) is 2.29. The first-order valence-corrected chi connectivity index (χ1v) is 6.61. The molecule has 0 aliphatic rings. The highest BCUT2D eigenvalue weighted by molar-refractivity contribution is 7.98. The maximum atomic E-state index is 11.1. The number of thioether (sulfide) groups is 1. The first-order valence-electron chi connectivity index (χ1n) is 5.45. The summed E-state index contributed by atoms with van der Waals surface area (Å²) in [7, 11) is 0. The first kappa shape index (κ1) is 12.6. The summed E-state index contributed by atoms with van der Waals surface area (Å²) in [6.45, 7) is 2.05. The van der Waals surface area contributed by atoms with Crippen molar-refractivity contribution in [2.75, 3.05) is 5.75 Å². The minimum atomic E-state index is -1.01. The number of carbonyl (C=O) groups is 1. The normalized spacial score (nSPS) is 10.5. The predicted molar refractivity (Wildman–Crippen MR) is 68.5 cm³/mol. The lowest BCUT2D eigenvalue weighted by Gasteiger charge is -1.99. The van der Waals surface area contributed by atoms with Crippen molar-refractivity contribution in [2.24, 2.45) is 0 Å². The van der Waals surface area contributed by atoms with Crippen LogP contribution in [0.2, 0.25) is 0 Å². The fraction of sp³-hybridized carbons (Fsp3) is 0.250. The molecule has 2 aromatic rings. The van der Waals surface area contributed by atoms with Crippen LogP contribution in [-0.4, -0.2) is 27.0 Å². The molecule has 1 heterocycles. The van der Waals surface area contributed by atoms with Crippen LogP contribution in [0.25, 0.3) is 11.5 Å². The summed E-state index contributed by atoms with van der Waals surface area (Å²) in [5, 5.41) is 12.9. The molecule has 94 valence electrons. The molecule has 0 spiro atoms. The van der Waals surface area contributed by atoms with Crippen molar-refractivity contribution in [1.29, 1.82) is 0 Å². The Bertz CT molecular complexity index is 554. The summed E-state index contributed by atoms with van der Waals surface area (Å²) < 4.78 is 5.10.